The molecular formula is C18H23FN2O4. The van der Waals surface area contributed by atoms with Crippen molar-refractivity contribution >= 4 is 11.8 Å². The summed E-state index contributed by atoms with van der Waals surface area (Å²) in [5, 5.41) is 11.8. The molecule has 1 rings (SSSR count). The van der Waals surface area contributed by atoms with Gasteiger partial charge in [0.1, 0.15) is 0 Å². The molecule has 1 aromatic rings. The molecule has 0 aromatic heterocycles. The Morgan fingerprint density at radius 1 is 1.28 bits per heavy atom. The van der Waals surface area contributed by atoms with Gasteiger partial charge in [0.25, 0.3) is 0 Å². The summed E-state index contributed by atoms with van der Waals surface area (Å²) in [5.41, 5.74) is -1.96. The summed E-state index contributed by atoms with van der Waals surface area (Å²) in [4.78, 5) is 25.1. The van der Waals surface area contributed by atoms with E-state index in [1.807, 2.05) is 0 Å². The van der Waals surface area contributed by atoms with Gasteiger partial charge < -0.3 is 9.47 Å². The Hall–Kier alpha value is -2.46. The molecule has 0 bridgehead atoms. The number of rotatable bonds is 7. The second-order valence-electron chi connectivity index (χ2n) is 6.57. The second kappa shape index (κ2) is 8.08. The van der Waals surface area contributed by atoms with Crippen LogP contribution in [0.4, 0.5) is 4.39 Å². The summed E-state index contributed by atoms with van der Waals surface area (Å²) in [7, 11) is 2.53. The number of nitriles is 1. The summed E-state index contributed by atoms with van der Waals surface area (Å²) in [6.07, 6.45) is -0.438. The summed E-state index contributed by atoms with van der Waals surface area (Å²) in [5.74, 6) is -1.80. The van der Waals surface area contributed by atoms with E-state index in [0.717, 1.165) is 0 Å². The predicted molar refractivity (Wildman–Crippen MR) is 89.2 cm³/mol. The molecule has 1 aromatic carbocycles. The molecule has 25 heavy (non-hydrogen) atoms. The first-order valence-corrected chi connectivity index (χ1v) is 7.70. The van der Waals surface area contributed by atoms with Crippen LogP contribution in [0.25, 0.3) is 0 Å². The Morgan fingerprint density at radius 3 is 2.40 bits per heavy atom. The first-order chi connectivity index (χ1) is 11.6. The third kappa shape index (κ3) is 4.15. The predicted octanol–water partition coefficient (Wildman–Crippen LogP) is 2.36. The molecule has 1 atom stereocenters. The molecule has 0 aliphatic rings. The van der Waals surface area contributed by atoms with Crippen LogP contribution in [0.2, 0.25) is 0 Å². The second-order valence-corrected chi connectivity index (χ2v) is 6.57. The number of ether oxygens (including phenoxy) is 2. The van der Waals surface area contributed by atoms with Gasteiger partial charge in [0.2, 0.25) is 0 Å². The molecule has 136 valence electrons. The van der Waals surface area contributed by atoms with Crippen molar-refractivity contribution in [1.82, 2.24) is 5.32 Å². The van der Waals surface area contributed by atoms with Crippen LogP contribution in [0.15, 0.2) is 18.2 Å². The van der Waals surface area contributed by atoms with E-state index >= 15 is 0 Å². The summed E-state index contributed by atoms with van der Waals surface area (Å²) >= 11 is 0. The minimum atomic E-state index is -1.71. The smallest absolute Gasteiger partial charge is 0.334 e. The lowest BCUT2D eigenvalue weighted by atomic mass is 9.70. The lowest BCUT2D eigenvalue weighted by Gasteiger charge is -2.41. The Balaban J connectivity index is 3.27. The number of nitrogens with one attached hydrogen (secondary N) is 1. The van der Waals surface area contributed by atoms with Crippen molar-refractivity contribution in [2.75, 3.05) is 14.2 Å². The van der Waals surface area contributed by atoms with Crippen molar-refractivity contribution in [3.05, 3.63) is 29.6 Å². The number of halogens is 1. The van der Waals surface area contributed by atoms with Crippen molar-refractivity contribution in [3.63, 3.8) is 0 Å². The molecule has 0 aliphatic heterocycles. The van der Waals surface area contributed by atoms with Crippen LogP contribution in [0.5, 0.6) is 5.75 Å². The van der Waals surface area contributed by atoms with Crippen LogP contribution < -0.4 is 10.1 Å². The Labute approximate surface area is 146 Å². The number of Topliss-reactive ketones (excluding diaryl/α,β-unsaturated/α-hetero) is 1. The molecule has 6 nitrogen and oxygen atoms in total. The van der Waals surface area contributed by atoms with Crippen LogP contribution in [-0.4, -0.2) is 31.5 Å². The maximum atomic E-state index is 13.5. The van der Waals surface area contributed by atoms with Crippen molar-refractivity contribution in [2.24, 2.45) is 5.41 Å². The zero-order valence-corrected chi connectivity index (χ0v) is 15.1. The van der Waals surface area contributed by atoms with Gasteiger partial charge in [0.05, 0.1) is 26.7 Å². The van der Waals surface area contributed by atoms with Gasteiger partial charge in [0, 0.05) is 6.54 Å². The first-order valence-electron chi connectivity index (χ1n) is 7.70. The minimum absolute atomic E-state index is 0.0575. The third-order valence-corrected chi connectivity index (χ3v) is 4.05. The topological polar surface area (TPSA) is 88.4 Å². The summed E-state index contributed by atoms with van der Waals surface area (Å²) < 4.78 is 23.3. The minimum Gasteiger partial charge on any atom is -0.494 e. The van der Waals surface area contributed by atoms with E-state index in [1.165, 1.54) is 32.4 Å². The molecule has 0 heterocycles. The van der Waals surface area contributed by atoms with Crippen molar-refractivity contribution in [3.8, 4) is 11.8 Å². The van der Waals surface area contributed by atoms with E-state index in [-0.39, 0.29) is 12.3 Å². The normalized spacial score (nSPS) is 13.5. The molecule has 0 saturated heterocycles. The van der Waals surface area contributed by atoms with Crippen LogP contribution in [0.1, 0.15) is 32.8 Å². The number of carbonyl (C=O) groups is 2. The molecule has 0 fully saturated rings. The maximum Gasteiger partial charge on any atom is 0.334 e. The van der Waals surface area contributed by atoms with Crippen molar-refractivity contribution < 1.29 is 23.5 Å². The molecule has 0 spiro atoms. The summed E-state index contributed by atoms with van der Waals surface area (Å²) in [6.45, 7) is 5.20. The SMILES string of the molecule is COC(=O)C(NCc1ccc(F)c(OC)c1)(C(=O)CC#N)C(C)(C)C. The van der Waals surface area contributed by atoms with Gasteiger partial charge in [0.15, 0.2) is 22.9 Å². The highest BCUT2D eigenvalue weighted by Gasteiger charge is 2.55. The average Bonchev–Trinajstić information content (AvgIpc) is 2.55. The highest BCUT2D eigenvalue weighted by Crippen LogP contribution is 2.34. The Bertz CT molecular complexity index is 691. The molecule has 1 N–H and O–H groups in total. The molecule has 0 saturated carbocycles. The van der Waals surface area contributed by atoms with Gasteiger partial charge >= 0.3 is 5.97 Å². The molecular weight excluding hydrogens is 327 g/mol. The van der Waals surface area contributed by atoms with Gasteiger partial charge in [-0.1, -0.05) is 26.8 Å². The monoisotopic (exact) mass is 350 g/mol. The molecule has 0 radical (unpaired) electrons. The summed E-state index contributed by atoms with van der Waals surface area (Å²) in [6, 6.07) is 6.01. The van der Waals surface area contributed by atoms with E-state index in [4.69, 9.17) is 14.7 Å². The lowest BCUT2D eigenvalue weighted by Crippen LogP contribution is -2.66. The number of nitrogens with zero attached hydrogens (tertiary/aromatic N) is 1. The van der Waals surface area contributed by atoms with Crippen LogP contribution >= 0.6 is 0 Å². The Morgan fingerprint density at radius 2 is 1.92 bits per heavy atom. The highest BCUT2D eigenvalue weighted by atomic mass is 19.1. The molecule has 0 amide bonds. The van der Waals surface area contributed by atoms with Crippen LogP contribution in [0, 0.1) is 22.6 Å². The van der Waals surface area contributed by atoms with E-state index < -0.39 is 34.9 Å². The largest absolute Gasteiger partial charge is 0.494 e. The fourth-order valence-corrected chi connectivity index (χ4v) is 2.68. The first kappa shape index (κ1) is 20.6. The molecule has 7 heteroatoms. The number of hydrogen-bond donors (Lipinski definition) is 1. The number of methoxy groups -OCH3 is 2. The molecule has 0 aliphatic carbocycles. The van der Waals surface area contributed by atoms with E-state index in [0.29, 0.717) is 5.56 Å². The zero-order chi connectivity index (χ0) is 19.3. The molecule has 1 unspecified atom stereocenters. The van der Waals surface area contributed by atoms with Gasteiger partial charge in [-0.3, -0.25) is 10.1 Å². The van der Waals surface area contributed by atoms with E-state index in [9.17, 15) is 14.0 Å². The number of hydrogen-bond acceptors (Lipinski definition) is 6. The lowest BCUT2D eigenvalue weighted by molar-refractivity contribution is -0.159. The fourth-order valence-electron chi connectivity index (χ4n) is 2.68. The van der Waals surface area contributed by atoms with E-state index in [2.05, 4.69) is 5.32 Å². The number of esters is 1. The quantitative estimate of drug-likeness (QED) is 0.600. The standard InChI is InChI=1S/C18H23FN2O4/c1-17(2,3)18(16(23)25-5,15(22)8-9-20)21-11-12-6-7-13(19)14(10-12)24-4/h6-7,10,21H,8,11H2,1-5H3. The maximum absolute atomic E-state index is 13.5. The van der Waals surface area contributed by atoms with E-state index in [1.54, 1.807) is 26.8 Å². The average molecular weight is 350 g/mol. The van der Waals surface area contributed by atoms with Crippen LogP contribution in [0.3, 0.4) is 0 Å². The Kier molecular flexibility index (Phi) is 6.65. The van der Waals surface area contributed by atoms with Crippen molar-refractivity contribution in [1.29, 1.82) is 5.26 Å². The zero-order valence-electron chi connectivity index (χ0n) is 15.1. The fraction of sp³-hybridized carbons (Fsp3) is 0.500. The van der Waals surface area contributed by atoms with Crippen molar-refractivity contribution in [2.45, 2.75) is 39.3 Å². The van der Waals surface area contributed by atoms with Gasteiger partial charge in [-0.2, -0.15) is 5.26 Å². The number of benzene rings is 1. The number of ketones is 1. The number of carbonyl (C=O) groups excluding carboxylic acids is 2. The van der Waals surface area contributed by atoms with Crippen LogP contribution in [-0.2, 0) is 20.9 Å². The highest BCUT2D eigenvalue weighted by molar-refractivity contribution is 6.10. The van der Waals surface area contributed by atoms with Gasteiger partial charge in [-0.05, 0) is 23.1 Å². The van der Waals surface area contributed by atoms with Gasteiger partial charge in [-0.25, -0.2) is 9.18 Å². The third-order valence-electron chi connectivity index (χ3n) is 4.05. The van der Waals surface area contributed by atoms with Gasteiger partial charge in [-0.15, -0.1) is 0 Å².